The molecule has 0 aromatic rings. The van der Waals surface area contributed by atoms with Gasteiger partial charge in [-0.3, -0.25) is 4.21 Å². The van der Waals surface area contributed by atoms with Crippen molar-refractivity contribution < 1.29 is 43.1 Å². The van der Waals surface area contributed by atoms with Crippen molar-refractivity contribution >= 4 is 11.1 Å². The summed E-state index contributed by atoms with van der Waals surface area (Å²) in [6, 6.07) is 0. The van der Waals surface area contributed by atoms with Gasteiger partial charge in [0.1, 0.15) is 0 Å². The van der Waals surface area contributed by atoms with Crippen molar-refractivity contribution in [3.05, 3.63) is 0 Å². The zero-order valence-corrected chi connectivity index (χ0v) is 9.66. The van der Waals surface area contributed by atoms with Crippen LogP contribution in [0, 0.1) is 0 Å². The molecule has 3 nitrogen and oxygen atoms in total. The molecule has 0 aromatic heterocycles. The molecular weight excluding hydrogens is 163 g/mol. The van der Waals surface area contributed by atoms with Crippen LogP contribution in [0.5, 0.6) is 0 Å². The third-order valence-electron chi connectivity index (χ3n) is 1.02. The molecule has 0 aromatic carbocycles. The first-order valence-corrected chi connectivity index (χ1v) is 3.83. The smallest absolute Gasteiger partial charge is 0.772 e. The number of hydrogen-bond acceptors (Lipinski definition) is 3. The average molecular weight is 174 g/mol. The molecule has 1 atom stereocenters. The maximum atomic E-state index is 10.1. The van der Waals surface area contributed by atoms with E-state index in [2.05, 4.69) is 0 Å². The Kier molecular flexibility index (Phi) is 7.76. The Morgan fingerprint density at radius 2 is 2.00 bits per heavy atom. The van der Waals surface area contributed by atoms with Gasteiger partial charge in [-0.25, -0.2) is 0 Å². The summed E-state index contributed by atoms with van der Waals surface area (Å²) >= 11 is -2.01. The number of rotatable bonds is 3. The molecule has 0 rings (SSSR count). The van der Waals surface area contributed by atoms with Gasteiger partial charge in [0.05, 0.1) is 5.60 Å². The molecule has 0 saturated heterocycles. The first kappa shape index (κ1) is 13.6. The minimum Gasteiger partial charge on any atom is -0.772 e. The van der Waals surface area contributed by atoms with Gasteiger partial charge in [-0.1, -0.05) is 11.1 Å². The summed E-state index contributed by atoms with van der Waals surface area (Å²) in [6.07, 6.45) is 0. The molecule has 10 heavy (non-hydrogen) atoms. The van der Waals surface area contributed by atoms with Crippen LogP contribution >= 0.6 is 0 Å². The van der Waals surface area contributed by atoms with Crippen molar-refractivity contribution in [2.24, 2.45) is 0 Å². The number of methoxy groups -OCH3 is 1. The van der Waals surface area contributed by atoms with E-state index in [1.165, 1.54) is 7.11 Å². The molecule has 0 bridgehead atoms. The standard InChI is InChI=1S/C5H12O3S.Na/c1-5(2,8-3)4-9(6)7;/h4H2,1-3H3,(H,6,7);/q;+1/p-1. The van der Waals surface area contributed by atoms with Gasteiger partial charge in [0, 0.05) is 12.9 Å². The molecule has 0 amide bonds. The van der Waals surface area contributed by atoms with Crippen molar-refractivity contribution in [1.29, 1.82) is 0 Å². The van der Waals surface area contributed by atoms with Gasteiger partial charge >= 0.3 is 29.6 Å². The van der Waals surface area contributed by atoms with Crippen LogP contribution < -0.4 is 29.6 Å². The molecule has 5 heteroatoms. The summed E-state index contributed by atoms with van der Waals surface area (Å²) in [6.45, 7) is 3.45. The topological polar surface area (TPSA) is 49.4 Å². The van der Waals surface area contributed by atoms with Gasteiger partial charge < -0.3 is 9.29 Å². The monoisotopic (exact) mass is 174 g/mol. The van der Waals surface area contributed by atoms with E-state index in [0.717, 1.165) is 0 Å². The fourth-order valence-electron chi connectivity index (χ4n) is 0.343. The van der Waals surface area contributed by atoms with Crippen LogP contribution in [0.4, 0.5) is 0 Å². The summed E-state index contributed by atoms with van der Waals surface area (Å²) in [7, 11) is 1.49. The molecule has 0 aliphatic carbocycles. The summed E-state index contributed by atoms with van der Waals surface area (Å²) in [4.78, 5) is 0. The fourth-order valence-corrected chi connectivity index (χ4v) is 1.03. The first-order chi connectivity index (χ1) is 3.98. The second-order valence-corrected chi connectivity index (χ2v) is 3.31. The third kappa shape index (κ3) is 7.18. The number of hydrogen-bond donors (Lipinski definition) is 0. The van der Waals surface area contributed by atoms with Crippen molar-refractivity contribution in [3.8, 4) is 0 Å². The van der Waals surface area contributed by atoms with E-state index in [9.17, 15) is 8.76 Å². The normalized spacial score (nSPS) is 14.0. The SMILES string of the molecule is COC(C)(C)CS(=O)[O-].[Na+]. The van der Waals surface area contributed by atoms with Gasteiger partial charge in [-0.2, -0.15) is 0 Å². The van der Waals surface area contributed by atoms with E-state index in [1.54, 1.807) is 13.8 Å². The first-order valence-electron chi connectivity index (χ1n) is 2.59. The maximum absolute atomic E-state index is 10.1. The summed E-state index contributed by atoms with van der Waals surface area (Å²) in [5.74, 6) is 0.0451. The second kappa shape index (κ2) is 5.69. The van der Waals surface area contributed by atoms with Crippen molar-refractivity contribution in [3.63, 3.8) is 0 Å². The van der Waals surface area contributed by atoms with E-state index in [1.807, 2.05) is 0 Å². The Labute approximate surface area is 86.1 Å². The Morgan fingerprint density at radius 1 is 1.60 bits per heavy atom. The van der Waals surface area contributed by atoms with Crippen LogP contribution in [-0.4, -0.2) is 27.2 Å². The van der Waals surface area contributed by atoms with Crippen LogP contribution in [0.15, 0.2) is 0 Å². The molecule has 0 aliphatic heterocycles. The maximum Gasteiger partial charge on any atom is 1.00 e. The quantitative estimate of drug-likeness (QED) is 0.345. The number of ether oxygens (including phenoxy) is 1. The van der Waals surface area contributed by atoms with E-state index in [-0.39, 0.29) is 35.3 Å². The third-order valence-corrected chi connectivity index (χ3v) is 1.95. The van der Waals surface area contributed by atoms with Crippen LogP contribution in [0.3, 0.4) is 0 Å². The largest absolute Gasteiger partial charge is 1.00 e. The molecule has 0 fully saturated rings. The van der Waals surface area contributed by atoms with E-state index in [0.29, 0.717) is 0 Å². The van der Waals surface area contributed by atoms with Crippen LogP contribution in [-0.2, 0) is 15.8 Å². The minimum atomic E-state index is -2.01. The molecular formula is C5H11NaO3S. The Morgan fingerprint density at radius 3 is 2.10 bits per heavy atom. The van der Waals surface area contributed by atoms with Gasteiger partial charge in [0.2, 0.25) is 0 Å². The minimum absolute atomic E-state index is 0. The van der Waals surface area contributed by atoms with Gasteiger partial charge in [0.25, 0.3) is 0 Å². The second-order valence-electron chi connectivity index (χ2n) is 2.41. The van der Waals surface area contributed by atoms with Gasteiger partial charge in [-0.05, 0) is 13.8 Å². The zero-order chi connectivity index (χ0) is 7.49. The Hall–Kier alpha value is 1.07. The van der Waals surface area contributed by atoms with E-state index < -0.39 is 16.7 Å². The summed E-state index contributed by atoms with van der Waals surface area (Å²) in [5, 5.41) is 0. The molecule has 0 saturated carbocycles. The fraction of sp³-hybridized carbons (Fsp3) is 1.00. The zero-order valence-electron chi connectivity index (χ0n) is 6.84. The van der Waals surface area contributed by atoms with Gasteiger partial charge in [-0.15, -0.1) is 0 Å². The molecule has 0 spiro atoms. The molecule has 0 aliphatic rings. The molecule has 0 radical (unpaired) electrons. The predicted molar refractivity (Wildman–Crippen MR) is 34.9 cm³/mol. The summed E-state index contributed by atoms with van der Waals surface area (Å²) in [5.41, 5.74) is -0.549. The Balaban J connectivity index is 0. The van der Waals surface area contributed by atoms with Crippen LogP contribution in [0.1, 0.15) is 13.8 Å². The average Bonchev–Trinajstić information content (AvgIpc) is 1.63. The Bertz CT molecular complexity index is 115. The van der Waals surface area contributed by atoms with Crippen molar-refractivity contribution in [2.75, 3.05) is 12.9 Å². The van der Waals surface area contributed by atoms with Crippen LogP contribution in [0.25, 0.3) is 0 Å². The van der Waals surface area contributed by atoms with Crippen molar-refractivity contribution in [2.45, 2.75) is 19.4 Å². The van der Waals surface area contributed by atoms with E-state index >= 15 is 0 Å². The summed E-state index contributed by atoms with van der Waals surface area (Å²) < 4.78 is 25.0. The molecule has 56 valence electrons. The predicted octanol–water partition coefficient (Wildman–Crippen LogP) is -2.71. The van der Waals surface area contributed by atoms with Crippen molar-refractivity contribution in [1.82, 2.24) is 0 Å². The van der Waals surface area contributed by atoms with E-state index in [4.69, 9.17) is 4.74 Å². The molecule has 1 unspecified atom stereocenters. The van der Waals surface area contributed by atoms with Gasteiger partial charge in [0.15, 0.2) is 0 Å². The van der Waals surface area contributed by atoms with Crippen LogP contribution in [0.2, 0.25) is 0 Å². The molecule has 0 N–H and O–H groups in total. The molecule has 0 heterocycles.